The molecule has 1 fully saturated rings. The van der Waals surface area contributed by atoms with Crippen LogP contribution in [0.4, 0.5) is 0 Å². The summed E-state index contributed by atoms with van der Waals surface area (Å²) in [5.41, 5.74) is 2.26. The van der Waals surface area contributed by atoms with Crippen molar-refractivity contribution >= 4 is 0 Å². The third-order valence-electron chi connectivity index (χ3n) is 4.74. The SMILES string of the molecule is CCCN1CCC[C@H]2c3cc(O)cc(O)c3CC[C@H]21. The van der Waals surface area contributed by atoms with Crippen LogP contribution in [0.25, 0.3) is 0 Å². The van der Waals surface area contributed by atoms with Crippen molar-refractivity contribution in [3.05, 3.63) is 23.3 Å². The van der Waals surface area contributed by atoms with Gasteiger partial charge < -0.3 is 10.2 Å². The Bertz CT molecular complexity index is 470. The third kappa shape index (κ3) is 2.20. The summed E-state index contributed by atoms with van der Waals surface area (Å²) in [6.07, 6.45) is 5.66. The predicted octanol–water partition coefficient (Wildman–Crippen LogP) is 3.00. The Kier molecular flexibility index (Phi) is 3.40. The van der Waals surface area contributed by atoms with E-state index in [4.69, 9.17) is 0 Å². The maximum Gasteiger partial charge on any atom is 0.122 e. The van der Waals surface area contributed by atoms with Gasteiger partial charge in [-0.25, -0.2) is 0 Å². The highest BCUT2D eigenvalue weighted by atomic mass is 16.3. The van der Waals surface area contributed by atoms with Gasteiger partial charge in [-0.15, -0.1) is 0 Å². The van der Waals surface area contributed by atoms with Gasteiger partial charge in [-0.1, -0.05) is 6.92 Å². The number of phenolic OH excluding ortho intramolecular Hbond substituents is 2. The molecule has 0 spiro atoms. The Labute approximate surface area is 114 Å². The highest BCUT2D eigenvalue weighted by molar-refractivity contribution is 5.49. The van der Waals surface area contributed by atoms with E-state index in [9.17, 15) is 10.2 Å². The molecule has 1 saturated heterocycles. The van der Waals surface area contributed by atoms with Gasteiger partial charge in [0.25, 0.3) is 0 Å². The lowest BCUT2D eigenvalue weighted by molar-refractivity contribution is 0.112. The average Bonchev–Trinajstić information content (AvgIpc) is 2.39. The molecule has 0 amide bonds. The highest BCUT2D eigenvalue weighted by Gasteiger charge is 2.36. The molecule has 104 valence electrons. The van der Waals surface area contributed by atoms with Crippen LogP contribution in [0.2, 0.25) is 0 Å². The summed E-state index contributed by atoms with van der Waals surface area (Å²) >= 11 is 0. The molecule has 3 nitrogen and oxygen atoms in total. The van der Waals surface area contributed by atoms with Crippen LogP contribution in [-0.4, -0.2) is 34.2 Å². The van der Waals surface area contributed by atoms with Crippen LogP contribution in [0.15, 0.2) is 12.1 Å². The molecule has 0 aromatic heterocycles. The quantitative estimate of drug-likeness (QED) is 0.860. The van der Waals surface area contributed by atoms with E-state index in [1.165, 1.54) is 44.0 Å². The van der Waals surface area contributed by atoms with Gasteiger partial charge in [-0.05, 0) is 62.4 Å². The van der Waals surface area contributed by atoms with Gasteiger partial charge in [-0.3, -0.25) is 4.90 Å². The van der Waals surface area contributed by atoms with Crippen molar-refractivity contribution < 1.29 is 10.2 Å². The van der Waals surface area contributed by atoms with E-state index in [0.29, 0.717) is 12.0 Å². The van der Waals surface area contributed by atoms with Crippen molar-refractivity contribution in [1.29, 1.82) is 0 Å². The fourth-order valence-electron chi connectivity index (χ4n) is 4.00. The Balaban J connectivity index is 1.96. The number of piperidine rings is 1. The minimum Gasteiger partial charge on any atom is -0.508 e. The molecule has 1 aliphatic heterocycles. The molecule has 0 radical (unpaired) electrons. The van der Waals surface area contributed by atoms with E-state index in [0.717, 1.165) is 18.4 Å². The molecule has 0 unspecified atom stereocenters. The van der Waals surface area contributed by atoms with Crippen molar-refractivity contribution in [3.63, 3.8) is 0 Å². The Morgan fingerprint density at radius 1 is 1.26 bits per heavy atom. The van der Waals surface area contributed by atoms with E-state index in [2.05, 4.69) is 11.8 Å². The summed E-state index contributed by atoms with van der Waals surface area (Å²) in [6, 6.07) is 3.95. The van der Waals surface area contributed by atoms with Gasteiger partial charge in [0, 0.05) is 18.0 Å². The molecule has 3 heteroatoms. The second kappa shape index (κ2) is 5.04. The number of rotatable bonds is 2. The van der Waals surface area contributed by atoms with Gasteiger partial charge in [0.2, 0.25) is 0 Å². The number of phenols is 2. The molecule has 1 aromatic carbocycles. The molecule has 19 heavy (non-hydrogen) atoms. The van der Waals surface area contributed by atoms with Gasteiger partial charge in [-0.2, -0.15) is 0 Å². The van der Waals surface area contributed by atoms with Crippen LogP contribution in [0.3, 0.4) is 0 Å². The summed E-state index contributed by atoms with van der Waals surface area (Å²) in [4.78, 5) is 2.61. The maximum absolute atomic E-state index is 10.0. The summed E-state index contributed by atoms with van der Waals surface area (Å²) in [6.45, 7) is 4.61. The zero-order valence-electron chi connectivity index (χ0n) is 11.6. The molecular formula is C16H23NO2. The van der Waals surface area contributed by atoms with Crippen molar-refractivity contribution in [2.24, 2.45) is 0 Å². The first kappa shape index (κ1) is 12.8. The number of aromatic hydroxyl groups is 2. The van der Waals surface area contributed by atoms with Crippen LogP contribution in [0.1, 0.15) is 49.7 Å². The molecule has 2 N–H and O–H groups in total. The topological polar surface area (TPSA) is 43.7 Å². The molecule has 1 aliphatic carbocycles. The summed E-state index contributed by atoms with van der Waals surface area (Å²) < 4.78 is 0. The van der Waals surface area contributed by atoms with Crippen molar-refractivity contribution in [3.8, 4) is 11.5 Å². The fourth-order valence-corrected chi connectivity index (χ4v) is 4.00. The van der Waals surface area contributed by atoms with Crippen LogP contribution in [0, 0.1) is 0 Å². The molecule has 0 saturated carbocycles. The van der Waals surface area contributed by atoms with Gasteiger partial charge in [0.05, 0.1) is 0 Å². The number of fused-ring (bicyclic) bond motifs is 3. The second-order valence-electron chi connectivity index (χ2n) is 5.92. The molecular weight excluding hydrogens is 238 g/mol. The number of hydrogen-bond donors (Lipinski definition) is 2. The van der Waals surface area contributed by atoms with Crippen molar-refractivity contribution in [1.82, 2.24) is 4.90 Å². The second-order valence-corrected chi connectivity index (χ2v) is 5.92. The normalized spacial score (nSPS) is 26.8. The molecule has 2 aliphatic rings. The minimum absolute atomic E-state index is 0.199. The smallest absolute Gasteiger partial charge is 0.122 e. The van der Waals surface area contributed by atoms with Crippen molar-refractivity contribution in [2.45, 2.75) is 51.0 Å². The lowest BCUT2D eigenvalue weighted by atomic mass is 9.74. The zero-order chi connectivity index (χ0) is 13.4. The third-order valence-corrected chi connectivity index (χ3v) is 4.74. The monoisotopic (exact) mass is 261 g/mol. The Morgan fingerprint density at radius 2 is 2.11 bits per heavy atom. The number of nitrogens with zero attached hydrogens (tertiary/aromatic N) is 1. The predicted molar refractivity (Wildman–Crippen MR) is 75.7 cm³/mol. The maximum atomic E-state index is 10.0. The van der Waals surface area contributed by atoms with Gasteiger partial charge in [0.1, 0.15) is 11.5 Å². The first-order valence-electron chi connectivity index (χ1n) is 7.49. The largest absolute Gasteiger partial charge is 0.508 e. The van der Waals surface area contributed by atoms with Crippen LogP contribution < -0.4 is 0 Å². The number of likely N-dealkylation sites (tertiary alicyclic amines) is 1. The van der Waals surface area contributed by atoms with Crippen LogP contribution >= 0.6 is 0 Å². The average molecular weight is 261 g/mol. The Hall–Kier alpha value is -1.22. The lowest BCUT2D eigenvalue weighted by Gasteiger charge is -2.45. The summed E-state index contributed by atoms with van der Waals surface area (Å²) in [5.74, 6) is 0.965. The van der Waals surface area contributed by atoms with E-state index >= 15 is 0 Å². The molecule has 0 bridgehead atoms. The molecule has 1 aromatic rings. The van der Waals surface area contributed by atoms with Crippen LogP contribution in [-0.2, 0) is 6.42 Å². The Morgan fingerprint density at radius 3 is 2.89 bits per heavy atom. The van der Waals surface area contributed by atoms with Gasteiger partial charge >= 0.3 is 0 Å². The molecule has 3 rings (SSSR count). The summed E-state index contributed by atoms with van der Waals surface area (Å²) in [5, 5.41) is 19.8. The van der Waals surface area contributed by atoms with E-state index in [-0.39, 0.29) is 11.5 Å². The summed E-state index contributed by atoms with van der Waals surface area (Å²) in [7, 11) is 0. The van der Waals surface area contributed by atoms with Gasteiger partial charge in [0.15, 0.2) is 0 Å². The first-order valence-corrected chi connectivity index (χ1v) is 7.49. The van der Waals surface area contributed by atoms with Crippen LogP contribution in [0.5, 0.6) is 11.5 Å². The molecule has 2 atom stereocenters. The van der Waals surface area contributed by atoms with E-state index in [1.54, 1.807) is 0 Å². The fraction of sp³-hybridized carbons (Fsp3) is 0.625. The standard InChI is InChI=1S/C16H23NO2/c1-2-7-17-8-3-4-12-14-9-11(18)10-16(19)13(14)5-6-15(12)17/h9-10,12,15,18-19H,2-8H2,1H3/t12-,15+/m0/s1. The van der Waals surface area contributed by atoms with E-state index in [1.807, 2.05) is 6.07 Å². The number of hydrogen-bond acceptors (Lipinski definition) is 3. The van der Waals surface area contributed by atoms with Crippen molar-refractivity contribution in [2.75, 3.05) is 13.1 Å². The first-order chi connectivity index (χ1) is 9.20. The highest BCUT2D eigenvalue weighted by Crippen LogP contribution is 2.44. The number of benzene rings is 1. The van der Waals surface area contributed by atoms with E-state index < -0.39 is 0 Å². The molecule has 1 heterocycles. The minimum atomic E-state index is 0.199. The lowest BCUT2D eigenvalue weighted by Crippen LogP contribution is -2.46. The zero-order valence-corrected chi connectivity index (χ0v) is 11.6.